The standard InChI is InChI=1S/C24H25N3O5/c28-21(15-27-23(30)19-8-4-5-9-20(19)24(27)31)25-14-17-10-12-26(13-11-17)22(29)16-32-18-6-2-1-3-7-18/h1-9,17H,10-16H2,(H,25,28). The van der Waals surface area contributed by atoms with Crippen LogP contribution in [0.1, 0.15) is 33.6 Å². The number of para-hydroxylation sites is 1. The molecule has 2 aliphatic heterocycles. The van der Waals surface area contributed by atoms with Gasteiger partial charge < -0.3 is 15.0 Å². The second kappa shape index (κ2) is 9.64. The van der Waals surface area contributed by atoms with Crippen LogP contribution < -0.4 is 10.1 Å². The molecule has 2 heterocycles. The Balaban J connectivity index is 1.18. The number of benzene rings is 2. The summed E-state index contributed by atoms with van der Waals surface area (Å²) in [5.41, 5.74) is 0.664. The molecule has 0 spiro atoms. The fraction of sp³-hybridized carbons (Fsp3) is 0.333. The Kier molecular flexibility index (Phi) is 6.49. The molecule has 0 radical (unpaired) electrons. The number of carbonyl (C=O) groups excluding carboxylic acids is 4. The number of nitrogens with one attached hydrogen (secondary N) is 1. The van der Waals surface area contributed by atoms with Crippen molar-refractivity contribution in [3.05, 3.63) is 65.7 Å². The van der Waals surface area contributed by atoms with Gasteiger partial charge in [0, 0.05) is 19.6 Å². The molecule has 0 bridgehead atoms. The molecule has 1 saturated heterocycles. The molecule has 4 rings (SSSR count). The van der Waals surface area contributed by atoms with Gasteiger partial charge in [0.15, 0.2) is 6.61 Å². The van der Waals surface area contributed by atoms with Crippen LogP contribution in [-0.4, -0.2) is 66.2 Å². The first-order valence-electron chi connectivity index (χ1n) is 10.7. The second-order valence-corrected chi connectivity index (χ2v) is 7.97. The van der Waals surface area contributed by atoms with Gasteiger partial charge in [-0.3, -0.25) is 24.1 Å². The molecule has 2 aliphatic rings. The zero-order valence-electron chi connectivity index (χ0n) is 17.7. The van der Waals surface area contributed by atoms with Crippen molar-refractivity contribution in [2.24, 2.45) is 5.92 Å². The van der Waals surface area contributed by atoms with Crippen LogP contribution in [0, 0.1) is 5.92 Å². The summed E-state index contributed by atoms with van der Waals surface area (Å²) in [6.07, 6.45) is 1.54. The summed E-state index contributed by atoms with van der Waals surface area (Å²) in [4.78, 5) is 52.2. The molecular weight excluding hydrogens is 410 g/mol. The number of carbonyl (C=O) groups is 4. The average molecular weight is 435 g/mol. The van der Waals surface area contributed by atoms with Crippen molar-refractivity contribution >= 4 is 23.6 Å². The molecule has 0 aromatic heterocycles. The highest BCUT2D eigenvalue weighted by Crippen LogP contribution is 2.22. The lowest BCUT2D eigenvalue weighted by atomic mass is 9.97. The summed E-state index contributed by atoms with van der Waals surface area (Å²) >= 11 is 0. The quantitative estimate of drug-likeness (QED) is 0.668. The number of likely N-dealkylation sites (tertiary alicyclic amines) is 1. The number of rotatable bonds is 7. The predicted octanol–water partition coefficient (Wildman–Crippen LogP) is 1.72. The Labute approximate surface area is 186 Å². The fourth-order valence-electron chi connectivity index (χ4n) is 3.98. The van der Waals surface area contributed by atoms with Crippen LogP contribution in [0.15, 0.2) is 54.6 Å². The number of hydrogen-bond acceptors (Lipinski definition) is 5. The summed E-state index contributed by atoms with van der Waals surface area (Å²) in [5.74, 6) is -0.399. The smallest absolute Gasteiger partial charge is 0.262 e. The second-order valence-electron chi connectivity index (χ2n) is 7.97. The third kappa shape index (κ3) is 4.80. The molecule has 2 aromatic rings. The Morgan fingerprint density at radius 2 is 1.50 bits per heavy atom. The van der Waals surface area contributed by atoms with Gasteiger partial charge in [0.2, 0.25) is 5.91 Å². The normalized spacial score (nSPS) is 16.1. The predicted molar refractivity (Wildman–Crippen MR) is 116 cm³/mol. The van der Waals surface area contributed by atoms with Crippen molar-refractivity contribution in [3.63, 3.8) is 0 Å². The van der Waals surface area contributed by atoms with Crippen molar-refractivity contribution in [1.29, 1.82) is 0 Å². The minimum Gasteiger partial charge on any atom is -0.484 e. The lowest BCUT2D eigenvalue weighted by Crippen LogP contribution is -2.45. The Morgan fingerprint density at radius 1 is 0.906 bits per heavy atom. The zero-order chi connectivity index (χ0) is 22.5. The summed E-state index contributed by atoms with van der Waals surface area (Å²) in [7, 11) is 0. The molecule has 0 aliphatic carbocycles. The van der Waals surface area contributed by atoms with E-state index >= 15 is 0 Å². The van der Waals surface area contributed by atoms with Gasteiger partial charge in [-0.1, -0.05) is 30.3 Å². The molecule has 2 aromatic carbocycles. The highest BCUT2D eigenvalue weighted by atomic mass is 16.5. The summed E-state index contributed by atoms with van der Waals surface area (Å²) in [6, 6.07) is 15.8. The van der Waals surface area contributed by atoms with Crippen LogP contribution in [-0.2, 0) is 9.59 Å². The molecule has 8 heteroatoms. The van der Waals surface area contributed by atoms with Crippen LogP contribution in [0.2, 0.25) is 0 Å². The Bertz CT molecular complexity index is 980. The number of ether oxygens (including phenoxy) is 1. The van der Waals surface area contributed by atoms with Crippen LogP contribution in [0.25, 0.3) is 0 Å². The SMILES string of the molecule is O=C(CN1C(=O)c2ccccc2C1=O)NCC1CCN(C(=O)COc2ccccc2)CC1. The van der Waals surface area contributed by atoms with E-state index in [1.807, 2.05) is 30.3 Å². The van der Waals surface area contributed by atoms with E-state index in [0.29, 0.717) is 36.5 Å². The fourth-order valence-corrected chi connectivity index (χ4v) is 3.98. The van der Waals surface area contributed by atoms with Gasteiger partial charge in [-0.05, 0) is 43.0 Å². The Hall–Kier alpha value is -3.68. The van der Waals surface area contributed by atoms with Crippen molar-refractivity contribution < 1.29 is 23.9 Å². The number of amides is 4. The van der Waals surface area contributed by atoms with E-state index in [1.165, 1.54) is 0 Å². The number of hydrogen-bond donors (Lipinski definition) is 1. The van der Waals surface area contributed by atoms with Crippen LogP contribution >= 0.6 is 0 Å². The van der Waals surface area contributed by atoms with E-state index in [1.54, 1.807) is 29.2 Å². The minimum atomic E-state index is -0.440. The third-order valence-electron chi connectivity index (χ3n) is 5.84. The van der Waals surface area contributed by atoms with E-state index in [9.17, 15) is 19.2 Å². The van der Waals surface area contributed by atoms with Gasteiger partial charge in [-0.25, -0.2) is 0 Å². The maximum absolute atomic E-state index is 12.4. The van der Waals surface area contributed by atoms with E-state index in [0.717, 1.165) is 17.7 Å². The number of piperidine rings is 1. The maximum Gasteiger partial charge on any atom is 0.262 e. The largest absolute Gasteiger partial charge is 0.484 e. The molecule has 166 valence electrons. The first-order valence-corrected chi connectivity index (χ1v) is 10.7. The maximum atomic E-state index is 12.4. The van der Waals surface area contributed by atoms with Gasteiger partial charge in [0.25, 0.3) is 17.7 Å². The summed E-state index contributed by atoms with van der Waals surface area (Å²) in [5, 5.41) is 2.82. The molecule has 32 heavy (non-hydrogen) atoms. The monoisotopic (exact) mass is 435 g/mol. The van der Waals surface area contributed by atoms with E-state index < -0.39 is 11.8 Å². The van der Waals surface area contributed by atoms with E-state index in [4.69, 9.17) is 4.74 Å². The van der Waals surface area contributed by atoms with E-state index in [-0.39, 0.29) is 30.9 Å². The van der Waals surface area contributed by atoms with Crippen molar-refractivity contribution in [1.82, 2.24) is 15.1 Å². The van der Waals surface area contributed by atoms with Crippen LogP contribution in [0.5, 0.6) is 5.75 Å². The molecule has 0 atom stereocenters. The number of imide groups is 1. The van der Waals surface area contributed by atoms with Crippen LogP contribution in [0.4, 0.5) is 0 Å². The molecule has 1 fully saturated rings. The molecule has 1 N–H and O–H groups in total. The van der Waals surface area contributed by atoms with Crippen LogP contribution in [0.3, 0.4) is 0 Å². The lowest BCUT2D eigenvalue weighted by Gasteiger charge is -2.32. The zero-order valence-corrected chi connectivity index (χ0v) is 17.7. The third-order valence-corrected chi connectivity index (χ3v) is 5.84. The van der Waals surface area contributed by atoms with Gasteiger partial charge in [0.1, 0.15) is 12.3 Å². The number of fused-ring (bicyclic) bond motifs is 1. The topological polar surface area (TPSA) is 96.0 Å². The highest BCUT2D eigenvalue weighted by molar-refractivity contribution is 6.22. The highest BCUT2D eigenvalue weighted by Gasteiger charge is 2.36. The summed E-state index contributed by atoms with van der Waals surface area (Å²) < 4.78 is 5.52. The van der Waals surface area contributed by atoms with Gasteiger partial charge >= 0.3 is 0 Å². The van der Waals surface area contributed by atoms with Gasteiger partial charge in [-0.15, -0.1) is 0 Å². The first kappa shape index (κ1) is 21.5. The summed E-state index contributed by atoms with van der Waals surface area (Å²) in [6.45, 7) is 1.38. The average Bonchev–Trinajstić information content (AvgIpc) is 3.07. The van der Waals surface area contributed by atoms with Crippen molar-refractivity contribution in [2.75, 3.05) is 32.8 Å². The van der Waals surface area contributed by atoms with Crippen molar-refractivity contribution in [3.8, 4) is 5.75 Å². The molecule has 4 amide bonds. The minimum absolute atomic E-state index is 0.00565. The van der Waals surface area contributed by atoms with Gasteiger partial charge in [0.05, 0.1) is 11.1 Å². The molecule has 0 unspecified atom stereocenters. The van der Waals surface area contributed by atoms with Gasteiger partial charge in [-0.2, -0.15) is 0 Å². The molecular formula is C24H25N3O5. The molecule has 8 nitrogen and oxygen atoms in total. The van der Waals surface area contributed by atoms with Crippen molar-refractivity contribution in [2.45, 2.75) is 12.8 Å². The number of nitrogens with zero attached hydrogens (tertiary/aromatic N) is 2. The van der Waals surface area contributed by atoms with E-state index in [2.05, 4.69) is 5.32 Å². The first-order chi connectivity index (χ1) is 15.5. The molecule has 0 saturated carbocycles. The lowest BCUT2D eigenvalue weighted by molar-refractivity contribution is -0.135. The Morgan fingerprint density at radius 3 is 2.12 bits per heavy atom.